The van der Waals surface area contributed by atoms with Crippen molar-refractivity contribution in [3.63, 3.8) is 0 Å². The van der Waals surface area contributed by atoms with Crippen LogP contribution in [0.2, 0.25) is 0 Å². The number of anilines is 1. The quantitative estimate of drug-likeness (QED) is 0.210. The molecule has 15 heteroatoms. The predicted octanol–water partition coefficient (Wildman–Crippen LogP) is 1.55. The molecule has 1 saturated heterocycles. The van der Waals surface area contributed by atoms with Gasteiger partial charge in [-0.05, 0) is 39.8 Å². The Balaban J connectivity index is 1.55. The minimum Gasteiger partial charge on any atom is -0.462 e. The summed E-state index contributed by atoms with van der Waals surface area (Å²) in [6, 6.07) is 7.18. The second kappa shape index (κ2) is 11.3. The third kappa shape index (κ3) is 5.96. The largest absolute Gasteiger partial charge is 0.462 e. The Bertz CT molecular complexity index is 1310. The number of fused-ring (bicyclic) bond motifs is 1. The summed E-state index contributed by atoms with van der Waals surface area (Å²) in [7, 11) is -4.25. The van der Waals surface area contributed by atoms with Crippen LogP contribution in [0.4, 0.5) is 5.82 Å². The topological polar surface area (TPSA) is 193 Å². The van der Waals surface area contributed by atoms with E-state index in [4.69, 9.17) is 24.3 Å². The zero-order valence-electron chi connectivity index (χ0n) is 21.2. The number of nitrogen functional groups attached to an aromatic ring is 1. The summed E-state index contributed by atoms with van der Waals surface area (Å²) in [5.74, 6) is -0.299. The van der Waals surface area contributed by atoms with Gasteiger partial charge in [0.2, 0.25) is 0 Å². The van der Waals surface area contributed by atoms with Crippen LogP contribution in [-0.4, -0.2) is 72.3 Å². The van der Waals surface area contributed by atoms with Crippen LogP contribution in [-0.2, 0) is 23.4 Å². The van der Waals surface area contributed by atoms with E-state index in [9.17, 15) is 19.6 Å². The van der Waals surface area contributed by atoms with E-state index in [1.165, 1.54) is 31.1 Å². The third-order valence-corrected chi connectivity index (χ3v) is 7.49. The fourth-order valence-corrected chi connectivity index (χ4v) is 5.65. The molecule has 0 bridgehead atoms. The highest BCUT2D eigenvalue weighted by atomic mass is 31.2. The van der Waals surface area contributed by atoms with Gasteiger partial charge in [0.25, 0.3) is 0 Å². The number of carbonyl (C=O) groups excluding carboxylic acids is 1. The van der Waals surface area contributed by atoms with Crippen molar-refractivity contribution in [2.45, 2.75) is 70.5 Å². The first-order valence-electron chi connectivity index (χ1n) is 11.9. The SMILES string of the molecule is CC(C)OC(=O)C(C)NP(=O)(Oc1ccccc1)OC(C)[C@H]1O[C@@H](n2cnc3c(N)ncnc32)[C@H](O)[C@@H]1O. The smallest absolute Gasteiger partial charge is 0.459 e. The fraction of sp³-hybridized carbons (Fsp3) is 0.478. The molecule has 7 atom stereocenters. The van der Waals surface area contributed by atoms with Gasteiger partial charge < -0.3 is 29.9 Å². The molecule has 1 aliphatic rings. The molecular weight excluding hydrogens is 519 g/mol. The van der Waals surface area contributed by atoms with Crippen molar-refractivity contribution < 1.29 is 38.1 Å². The summed E-state index contributed by atoms with van der Waals surface area (Å²) >= 11 is 0. The van der Waals surface area contributed by atoms with Crippen LogP contribution in [0.25, 0.3) is 11.2 Å². The summed E-state index contributed by atoms with van der Waals surface area (Å²) in [5, 5.41) is 24.2. The van der Waals surface area contributed by atoms with Crippen LogP contribution in [0.15, 0.2) is 43.0 Å². The number of carbonyl (C=O) groups is 1. The molecule has 0 radical (unpaired) electrons. The molecule has 0 spiro atoms. The first-order chi connectivity index (χ1) is 18.0. The van der Waals surface area contributed by atoms with Crippen LogP contribution in [0.5, 0.6) is 5.75 Å². The number of esters is 1. The number of aromatic nitrogens is 4. The second-order valence-corrected chi connectivity index (χ2v) is 10.8. The monoisotopic (exact) mass is 550 g/mol. The number of aliphatic hydroxyl groups excluding tert-OH is 2. The van der Waals surface area contributed by atoms with Gasteiger partial charge in [-0.25, -0.2) is 19.5 Å². The Morgan fingerprint density at radius 1 is 1.13 bits per heavy atom. The number of ether oxygens (including phenoxy) is 2. The minimum atomic E-state index is -4.25. The Labute approximate surface area is 218 Å². The molecular formula is C23H31N6O8P. The lowest BCUT2D eigenvalue weighted by atomic mass is 10.1. The molecule has 3 unspecified atom stereocenters. The van der Waals surface area contributed by atoms with Crippen molar-refractivity contribution >= 4 is 30.7 Å². The fourth-order valence-electron chi connectivity index (χ4n) is 3.96. The highest BCUT2D eigenvalue weighted by Gasteiger charge is 2.49. The maximum absolute atomic E-state index is 13.9. The van der Waals surface area contributed by atoms with Crippen LogP contribution in [0, 0.1) is 0 Å². The molecule has 38 heavy (non-hydrogen) atoms. The number of imidazole rings is 1. The lowest BCUT2D eigenvalue weighted by Crippen LogP contribution is -2.41. The number of aliphatic hydroxyl groups is 2. The summed E-state index contributed by atoms with van der Waals surface area (Å²) in [6.45, 7) is 6.33. The zero-order chi connectivity index (χ0) is 27.6. The van der Waals surface area contributed by atoms with E-state index >= 15 is 0 Å². The third-order valence-electron chi connectivity index (χ3n) is 5.73. The number of hydrogen-bond donors (Lipinski definition) is 4. The lowest BCUT2D eigenvalue weighted by molar-refractivity contribution is -0.149. The number of benzene rings is 1. The molecule has 206 valence electrons. The molecule has 1 aromatic carbocycles. The summed E-state index contributed by atoms with van der Waals surface area (Å²) in [4.78, 5) is 24.6. The van der Waals surface area contributed by atoms with E-state index in [2.05, 4.69) is 20.0 Å². The molecule has 4 rings (SSSR count). The van der Waals surface area contributed by atoms with Gasteiger partial charge in [0.1, 0.15) is 41.9 Å². The van der Waals surface area contributed by atoms with Crippen molar-refractivity contribution in [1.82, 2.24) is 24.6 Å². The molecule has 1 aliphatic heterocycles. The zero-order valence-corrected chi connectivity index (χ0v) is 22.1. The van der Waals surface area contributed by atoms with Crippen LogP contribution in [0.1, 0.15) is 33.9 Å². The van der Waals surface area contributed by atoms with Crippen molar-refractivity contribution in [2.24, 2.45) is 0 Å². The molecule has 0 aliphatic carbocycles. The van der Waals surface area contributed by atoms with E-state index in [1.807, 2.05) is 0 Å². The Morgan fingerprint density at radius 3 is 2.53 bits per heavy atom. The van der Waals surface area contributed by atoms with Gasteiger partial charge in [-0.1, -0.05) is 18.2 Å². The van der Waals surface area contributed by atoms with E-state index in [0.717, 1.165) is 0 Å². The predicted molar refractivity (Wildman–Crippen MR) is 135 cm³/mol. The molecule has 3 heterocycles. The summed E-state index contributed by atoms with van der Waals surface area (Å²) < 4.78 is 37.8. The highest BCUT2D eigenvalue weighted by molar-refractivity contribution is 7.52. The highest BCUT2D eigenvalue weighted by Crippen LogP contribution is 2.48. The maximum atomic E-state index is 13.9. The average molecular weight is 551 g/mol. The molecule has 0 amide bonds. The first kappa shape index (κ1) is 27.9. The molecule has 2 aromatic heterocycles. The molecule has 0 saturated carbocycles. The summed E-state index contributed by atoms with van der Waals surface area (Å²) in [5.41, 5.74) is 6.44. The number of hydrogen-bond acceptors (Lipinski definition) is 12. The van der Waals surface area contributed by atoms with Gasteiger partial charge in [0, 0.05) is 0 Å². The minimum absolute atomic E-state index is 0.144. The van der Waals surface area contributed by atoms with Gasteiger partial charge in [-0.15, -0.1) is 0 Å². The van der Waals surface area contributed by atoms with Crippen molar-refractivity contribution in [3.8, 4) is 5.75 Å². The van der Waals surface area contributed by atoms with E-state index in [0.29, 0.717) is 11.2 Å². The Morgan fingerprint density at radius 2 is 1.84 bits per heavy atom. The molecule has 3 aromatic rings. The maximum Gasteiger partial charge on any atom is 0.459 e. The van der Waals surface area contributed by atoms with E-state index in [-0.39, 0.29) is 17.7 Å². The van der Waals surface area contributed by atoms with Gasteiger partial charge in [-0.3, -0.25) is 13.9 Å². The Kier molecular flexibility index (Phi) is 8.31. The van der Waals surface area contributed by atoms with Gasteiger partial charge in [0.15, 0.2) is 17.7 Å². The van der Waals surface area contributed by atoms with E-state index in [1.54, 1.807) is 44.2 Å². The lowest BCUT2D eigenvalue weighted by Gasteiger charge is -2.28. The van der Waals surface area contributed by atoms with Crippen molar-refractivity contribution in [2.75, 3.05) is 5.73 Å². The first-order valence-corrected chi connectivity index (χ1v) is 13.5. The van der Waals surface area contributed by atoms with Crippen LogP contribution < -0.4 is 15.3 Å². The van der Waals surface area contributed by atoms with E-state index < -0.39 is 50.4 Å². The normalized spacial score (nSPS) is 24.7. The molecule has 14 nitrogen and oxygen atoms in total. The summed E-state index contributed by atoms with van der Waals surface area (Å²) in [6.07, 6.45) is -4.00. The van der Waals surface area contributed by atoms with Crippen molar-refractivity contribution in [1.29, 1.82) is 0 Å². The second-order valence-electron chi connectivity index (χ2n) is 9.10. The van der Waals surface area contributed by atoms with Crippen molar-refractivity contribution in [3.05, 3.63) is 43.0 Å². The number of nitrogens with one attached hydrogen (secondary N) is 1. The van der Waals surface area contributed by atoms with Crippen LogP contribution >= 0.6 is 7.75 Å². The standard InChI is InChI=1S/C23H31N6O8P/c1-12(2)34-23(32)13(3)28-38(33,37-15-8-6-5-7-9-15)36-14(4)19-17(30)18(31)22(35-19)29-11-27-16-20(24)25-10-26-21(16)29/h5-14,17-19,22,30-31H,1-4H3,(H,28,33)(H2,24,25,26)/t13?,14?,17-,18+,19+,22+,38?/m0/s1. The number of rotatable bonds is 10. The van der Waals surface area contributed by atoms with Crippen LogP contribution in [0.3, 0.4) is 0 Å². The van der Waals surface area contributed by atoms with Gasteiger partial charge in [-0.2, -0.15) is 5.09 Å². The average Bonchev–Trinajstić information content (AvgIpc) is 3.41. The number of nitrogens with two attached hydrogens (primary N) is 1. The van der Waals surface area contributed by atoms with Gasteiger partial charge in [0.05, 0.1) is 18.5 Å². The number of nitrogens with zero attached hydrogens (tertiary/aromatic N) is 4. The Hall–Kier alpha value is -3.13. The van der Waals surface area contributed by atoms with Gasteiger partial charge >= 0.3 is 13.7 Å². The number of para-hydroxylation sites is 1. The molecule has 1 fully saturated rings. The molecule has 5 N–H and O–H groups in total.